The highest BCUT2D eigenvalue weighted by Gasteiger charge is 2.38. The van der Waals surface area contributed by atoms with E-state index in [4.69, 9.17) is 0 Å². The molecule has 1 N–H and O–H groups in total. The van der Waals surface area contributed by atoms with Gasteiger partial charge in [-0.3, -0.25) is 0 Å². The molecule has 1 aromatic carbocycles. The lowest BCUT2D eigenvalue weighted by molar-refractivity contribution is 0.444. The number of phenols is 1. The first-order valence-corrected chi connectivity index (χ1v) is 6.89. The summed E-state index contributed by atoms with van der Waals surface area (Å²) in [7, 11) is 0. The number of hydrogen-bond donors (Lipinski definition) is 1. The second-order valence-corrected chi connectivity index (χ2v) is 5.76. The maximum Gasteiger partial charge on any atom is 0.235 e. The molecule has 1 aliphatic rings. The summed E-state index contributed by atoms with van der Waals surface area (Å²) in [5, 5.41) is 9.81. The maximum absolute atomic E-state index is 10.8. The van der Waals surface area contributed by atoms with E-state index in [-0.39, 0.29) is 5.75 Å². The van der Waals surface area contributed by atoms with Crippen molar-refractivity contribution < 1.29 is 9.90 Å². The lowest BCUT2D eigenvalue weighted by atomic mass is 9.83. The van der Waals surface area contributed by atoms with Crippen LogP contribution in [0.15, 0.2) is 15.5 Å². The SMILES string of the molecule is Cc1cc(O)c(Br)c(C)c1C1(N=C=O)CCCC1. The van der Waals surface area contributed by atoms with Gasteiger partial charge in [0.05, 0.1) is 10.0 Å². The molecule has 0 amide bonds. The Balaban J connectivity index is 2.69. The van der Waals surface area contributed by atoms with E-state index in [1.54, 1.807) is 12.1 Å². The van der Waals surface area contributed by atoms with Crippen molar-refractivity contribution >= 4 is 22.0 Å². The number of rotatable bonds is 2. The van der Waals surface area contributed by atoms with Crippen LogP contribution in [0.2, 0.25) is 0 Å². The normalized spacial score (nSPS) is 17.5. The Labute approximate surface area is 115 Å². The number of aliphatic imine (C=N–C) groups is 1. The predicted octanol–water partition coefficient (Wildman–Crippen LogP) is 3.88. The van der Waals surface area contributed by atoms with Crippen molar-refractivity contribution in [3.8, 4) is 5.75 Å². The van der Waals surface area contributed by atoms with Crippen molar-refractivity contribution in [1.29, 1.82) is 0 Å². The zero-order valence-electron chi connectivity index (χ0n) is 10.6. The van der Waals surface area contributed by atoms with Crippen LogP contribution in [0.4, 0.5) is 0 Å². The molecule has 0 radical (unpaired) electrons. The third kappa shape index (κ3) is 2.00. The predicted molar refractivity (Wildman–Crippen MR) is 73.5 cm³/mol. The smallest absolute Gasteiger partial charge is 0.235 e. The molecule has 1 saturated carbocycles. The Kier molecular flexibility index (Phi) is 3.60. The van der Waals surface area contributed by atoms with Crippen molar-refractivity contribution in [2.45, 2.75) is 45.1 Å². The van der Waals surface area contributed by atoms with E-state index >= 15 is 0 Å². The molecule has 4 heteroatoms. The van der Waals surface area contributed by atoms with E-state index in [0.717, 1.165) is 42.4 Å². The van der Waals surface area contributed by atoms with Gasteiger partial charge >= 0.3 is 0 Å². The number of halogens is 1. The third-order valence-electron chi connectivity index (χ3n) is 3.83. The van der Waals surface area contributed by atoms with Crippen molar-refractivity contribution in [3.63, 3.8) is 0 Å². The fraction of sp³-hybridized carbons (Fsp3) is 0.500. The van der Waals surface area contributed by atoms with Crippen LogP contribution < -0.4 is 0 Å². The number of isocyanates is 1. The largest absolute Gasteiger partial charge is 0.507 e. The average molecular weight is 310 g/mol. The fourth-order valence-electron chi connectivity index (χ4n) is 3.12. The van der Waals surface area contributed by atoms with Crippen LogP contribution in [0.5, 0.6) is 5.75 Å². The van der Waals surface area contributed by atoms with E-state index in [1.165, 1.54) is 0 Å². The molecule has 1 aliphatic carbocycles. The van der Waals surface area contributed by atoms with Crippen LogP contribution >= 0.6 is 15.9 Å². The summed E-state index contributed by atoms with van der Waals surface area (Å²) in [4.78, 5) is 14.9. The molecule has 18 heavy (non-hydrogen) atoms. The van der Waals surface area contributed by atoms with Crippen molar-refractivity contribution in [3.05, 3.63) is 27.2 Å². The number of benzene rings is 1. The van der Waals surface area contributed by atoms with E-state index in [9.17, 15) is 9.90 Å². The average Bonchev–Trinajstić information content (AvgIpc) is 2.76. The summed E-state index contributed by atoms with van der Waals surface area (Å²) in [6, 6.07) is 1.73. The topological polar surface area (TPSA) is 49.7 Å². The molecule has 96 valence electrons. The summed E-state index contributed by atoms with van der Waals surface area (Å²) in [5.41, 5.74) is 2.57. The van der Waals surface area contributed by atoms with Crippen LogP contribution in [-0.4, -0.2) is 11.2 Å². The van der Waals surface area contributed by atoms with E-state index < -0.39 is 5.54 Å². The molecule has 0 aromatic heterocycles. The van der Waals surface area contributed by atoms with Gasteiger partial charge in [-0.1, -0.05) is 12.8 Å². The van der Waals surface area contributed by atoms with Gasteiger partial charge in [-0.15, -0.1) is 0 Å². The van der Waals surface area contributed by atoms with Gasteiger partial charge in [0.15, 0.2) is 0 Å². The number of carbonyl (C=O) groups excluding carboxylic acids is 1. The summed E-state index contributed by atoms with van der Waals surface area (Å²) >= 11 is 3.40. The Morgan fingerprint density at radius 1 is 1.39 bits per heavy atom. The summed E-state index contributed by atoms with van der Waals surface area (Å²) < 4.78 is 0.690. The highest BCUT2D eigenvalue weighted by molar-refractivity contribution is 9.10. The van der Waals surface area contributed by atoms with E-state index in [0.29, 0.717) is 4.47 Å². The van der Waals surface area contributed by atoms with E-state index in [1.807, 2.05) is 13.8 Å². The second-order valence-electron chi connectivity index (χ2n) is 4.97. The van der Waals surface area contributed by atoms with Gasteiger partial charge in [-0.2, -0.15) is 4.99 Å². The first kappa shape index (κ1) is 13.3. The zero-order valence-corrected chi connectivity index (χ0v) is 12.2. The van der Waals surface area contributed by atoms with Gasteiger partial charge in [0, 0.05) is 0 Å². The molecule has 1 fully saturated rings. The molecule has 0 aliphatic heterocycles. The summed E-state index contributed by atoms with van der Waals surface area (Å²) in [6.45, 7) is 3.90. The molecule has 0 saturated heterocycles. The van der Waals surface area contributed by atoms with Gasteiger partial charge in [0.2, 0.25) is 6.08 Å². The molecular weight excluding hydrogens is 294 g/mol. The molecule has 0 unspecified atom stereocenters. The fourth-order valence-corrected chi connectivity index (χ4v) is 3.43. The van der Waals surface area contributed by atoms with Crippen molar-refractivity contribution in [2.24, 2.45) is 4.99 Å². The number of nitrogens with zero attached hydrogens (tertiary/aromatic N) is 1. The first-order chi connectivity index (χ1) is 8.52. The summed E-state index contributed by atoms with van der Waals surface area (Å²) in [5.74, 6) is 0.233. The van der Waals surface area contributed by atoms with Gasteiger partial charge in [0.1, 0.15) is 5.75 Å². The van der Waals surface area contributed by atoms with Gasteiger partial charge in [-0.05, 0) is 65.4 Å². The minimum absolute atomic E-state index is 0.233. The van der Waals surface area contributed by atoms with Gasteiger partial charge in [-0.25, -0.2) is 4.79 Å². The molecule has 0 bridgehead atoms. The minimum atomic E-state index is -0.438. The molecule has 0 spiro atoms. The summed E-state index contributed by atoms with van der Waals surface area (Å²) in [6.07, 6.45) is 5.63. The van der Waals surface area contributed by atoms with Crippen LogP contribution in [0.1, 0.15) is 42.4 Å². The highest BCUT2D eigenvalue weighted by atomic mass is 79.9. The van der Waals surface area contributed by atoms with Crippen LogP contribution in [0.3, 0.4) is 0 Å². The van der Waals surface area contributed by atoms with Gasteiger partial charge in [0.25, 0.3) is 0 Å². The standard InChI is InChI=1S/C14H16BrNO2/c1-9-7-11(18)13(15)10(2)12(9)14(16-8-17)5-3-4-6-14/h7,18H,3-6H2,1-2H3. The molecule has 1 aromatic rings. The number of aryl methyl sites for hydroxylation is 1. The Morgan fingerprint density at radius 2 is 2.00 bits per heavy atom. The zero-order chi connectivity index (χ0) is 13.3. The van der Waals surface area contributed by atoms with Crippen LogP contribution in [-0.2, 0) is 10.3 Å². The first-order valence-electron chi connectivity index (χ1n) is 6.10. The second kappa shape index (κ2) is 4.87. The van der Waals surface area contributed by atoms with Crippen LogP contribution in [0, 0.1) is 13.8 Å². The lowest BCUT2D eigenvalue weighted by Gasteiger charge is -2.28. The van der Waals surface area contributed by atoms with Crippen molar-refractivity contribution in [2.75, 3.05) is 0 Å². The van der Waals surface area contributed by atoms with Crippen molar-refractivity contribution in [1.82, 2.24) is 0 Å². The lowest BCUT2D eigenvalue weighted by Crippen LogP contribution is -2.22. The molecule has 0 heterocycles. The Hall–Kier alpha value is -1.12. The molecule has 2 rings (SSSR count). The number of aromatic hydroxyl groups is 1. The third-order valence-corrected chi connectivity index (χ3v) is 4.83. The highest BCUT2D eigenvalue weighted by Crippen LogP contribution is 2.47. The van der Waals surface area contributed by atoms with Crippen LogP contribution in [0.25, 0.3) is 0 Å². The molecule has 3 nitrogen and oxygen atoms in total. The van der Waals surface area contributed by atoms with Gasteiger partial charge < -0.3 is 5.11 Å². The number of hydrogen-bond acceptors (Lipinski definition) is 3. The minimum Gasteiger partial charge on any atom is -0.507 e. The monoisotopic (exact) mass is 309 g/mol. The Bertz CT molecular complexity index is 527. The quantitative estimate of drug-likeness (QED) is 0.666. The van der Waals surface area contributed by atoms with E-state index in [2.05, 4.69) is 20.9 Å². The number of phenolic OH excluding ortho intramolecular Hbond substituents is 1. The molecule has 0 atom stereocenters. The molecular formula is C14H16BrNO2. The maximum atomic E-state index is 10.8. The Morgan fingerprint density at radius 3 is 2.56 bits per heavy atom.